The van der Waals surface area contributed by atoms with Crippen LogP contribution in [0.5, 0.6) is 0 Å². The molecule has 3 rings (SSSR count). The van der Waals surface area contributed by atoms with E-state index >= 15 is 0 Å². The summed E-state index contributed by atoms with van der Waals surface area (Å²) in [5.74, 6) is 0.0543. The molecular formula is C15H11Cl2N5O. The monoisotopic (exact) mass is 347 g/mol. The van der Waals surface area contributed by atoms with Crippen LogP contribution in [0.1, 0.15) is 16.1 Å². The number of benzene rings is 1. The van der Waals surface area contributed by atoms with Gasteiger partial charge in [-0.1, -0.05) is 29.3 Å². The predicted molar refractivity (Wildman–Crippen MR) is 87.8 cm³/mol. The highest BCUT2D eigenvalue weighted by Crippen LogP contribution is 2.21. The number of anilines is 1. The molecule has 3 aromatic rings. The lowest BCUT2D eigenvalue weighted by atomic mass is 10.2. The highest BCUT2D eigenvalue weighted by atomic mass is 35.5. The van der Waals surface area contributed by atoms with Crippen molar-refractivity contribution in [3.8, 4) is 0 Å². The number of nitrogens with one attached hydrogen (secondary N) is 1. The van der Waals surface area contributed by atoms with Gasteiger partial charge in [-0.15, -0.1) is 0 Å². The molecule has 0 saturated heterocycles. The summed E-state index contributed by atoms with van der Waals surface area (Å²) in [7, 11) is 0. The Balaban J connectivity index is 1.70. The number of rotatable bonds is 4. The Bertz CT molecular complexity index is 835. The number of nitrogens with zero attached hydrogens (tertiary/aromatic N) is 4. The van der Waals surface area contributed by atoms with Crippen molar-refractivity contribution in [3.63, 3.8) is 0 Å². The van der Waals surface area contributed by atoms with Crippen LogP contribution in [0.25, 0.3) is 0 Å². The third kappa shape index (κ3) is 3.85. The molecule has 0 aliphatic carbocycles. The van der Waals surface area contributed by atoms with Crippen LogP contribution in [0.3, 0.4) is 0 Å². The SMILES string of the molecule is O=C(Nc1ccn(Cc2ccc(Cl)cc2Cl)n1)c1cnccn1. The van der Waals surface area contributed by atoms with Gasteiger partial charge in [0.2, 0.25) is 0 Å². The fourth-order valence-electron chi connectivity index (χ4n) is 1.94. The Morgan fingerprint density at radius 2 is 2.09 bits per heavy atom. The second-order valence-electron chi connectivity index (χ2n) is 4.68. The highest BCUT2D eigenvalue weighted by molar-refractivity contribution is 6.35. The lowest BCUT2D eigenvalue weighted by molar-refractivity contribution is 0.102. The molecule has 1 aromatic carbocycles. The lowest BCUT2D eigenvalue weighted by Crippen LogP contribution is -2.14. The maximum atomic E-state index is 12.0. The average molecular weight is 348 g/mol. The highest BCUT2D eigenvalue weighted by Gasteiger charge is 2.10. The molecule has 0 saturated carbocycles. The van der Waals surface area contributed by atoms with E-state index in [2.05, 4.69) is 20.4 Å². The van der Waals surface area contributed by atoms with Crippen LogP contribution >= 0.6 is 23.2 Å². The molecule has 1 amide bonds. The van der Waals surface area contributed by atoms with Crippen LogP contribution in [-0.2, 0) is 6.54 Å². The van der Waals surface area contributed by atoms with Crippen LogP contribution in [0.4, 0.5) is 5.82 Å². The molecule has 0 aliphatic heterocycles. The van der Waals surface area contributed by atoms with E-state index in [1.165, 1.54) is 18.6 Å². The zero-order chi connectivity index (χ0) is 16.2. The molecule has 2 heterocycles. The van der Waals surface area contributed by atoms with Gasteiger partial charge in [0.1, 0.15) is 5.69 Å². The maximum absolute atomic E-state index is 12.0. The summed E-state index contributed by atoms with van der Waals surface area (Å²) in [5.41, 5.74) is 1.11. The molecule has 0 radical (unpaired) electrons. The van der Waals surface area contributed by atoms with Crippen molar-refractivity contribution in [2.45, 2.75) is 6.54 Å². The molecule has 1 N–H and O–H groups in total. The van der Waals surface area contributed by atoms with Gasteiger partial charge < -0.3 is 5.32 Å². The van der Waals surface area contributed by atoms with E-state index in [4.69, 9.17) is 23.2 Å². The summed E-state index contributed by atoms with van der Waals surface area (Å²) >= 11 is 12.0. The minimum Gasteiger partial charge on any atom is -0.304 e. The number of hydrogen-bond acceptors (Lipinski definition) is 4. The van der Waals surface area contributed by atoms with Gasteiger partial charge in [0.15, 0.2) is 5.82 Å². The van der Waals surface area contributed by atoms with E-state index in [1.54, 1.807) is 29.1 Å². The zero-order valence-electron chi connectivity index (χ0n) is 11.8. The van der Waals surface area contributed by atoms with Crippen LogP contribution in [0.2, 0.25) is 10.0 Å². The number of halogens is 2. The van der Waals surface area contributed by atoms with E-state index in [9.17, 15) is 4.79 Å². The topological polar surface area (TPSA) is 72.7 Å². The summed E-state index contributed by atoms with van der Waals surface area (Å²) in [4.78, 5) is 19.8. The van der Waals surface area contributed by atoms with E-state index in [-0.39, 0.29) is 11.6 Å². The Labute approximate surface area is 142 Å². The third-order valence-electron chi connectivity index (χ3n) is 3.03. The van der Waals surface area contributed by atoms with Crippen LogP contribution in [0.15, 0.2) is 49.1 Å². The van der Waals surface area contributed by atoms with E-state index in [0.29, 0.717) is 22.4 Å². The smallest absolute Gasteiger partial charge is 0.277 e. The van der Waals surface area contributed by atoms with Gasteiger partial charge >= 0.3 is 0 Å². The summed E-state index contributed by atoms with van der Waals surface area (Å²) in [6, 6.07) is 6.98. The molecule has 0 atom stereocenters. The summed E-state index contributed by atoms with van der Waals surface area (Å²) in [6.45, 7) is 0.469. The van der Waals surface area contributed by atoms with Crippen molar-refractivity contribution in [3.05, 3.63) is 70.4 Å². The maximum Gasteiger partial charge on any atom is 0.277 e. The zero-order valence-corrected chi connectivity index (χ0v) is 13.3. The van der Waals surface area contributed by atoms with Crippen molar-refractivity contribution in [2.24, 2.45) is 0 Å². The van der Waals surface area contributed by atoms with Gasteiger partial charge in [-0.25, -0.2) is 4.98 Å². The second-order valence-corrected chi connectivity index (χ2v) is 5.52. The Hall–Kier alpha value is -2.44. The average Bonchev–Trinajstić information content (AvgIpc) is 2.98. The summed E-state index contributed by atoms with van der Waals surface area (Å²) in [6.07, 6.45) is 6.09. The van der Waals surface area contributed by atoms with Gasteiger partial charge in [0, 0.05) is 34.7 Å². The van der Waals surface area contributed by atoms with Gasteiger partial charge in [0.05, 0.1) is 12.7 Å². The Kier molecular flexibility index (Phi) is 4.55. The Morgan fingerprint density at radius 3 is 2.83 bits per heavy atom. The molecule has 0 bridgehead atoms. The van der Waals surface area contributed by atoms with E-state index in [0.717, 1.165) is 5.56 Å². The molecule has 0 aliphatic rings. The number of carbonyl (C=O) groups is 1. The first kappa shape index (κ1) is 15.5. The summed E-state index contributed by atoms with van der Waals surface area (Å²) < 4.78 is 1.67. The van der Waals surface area contributed by atoms with Crippen LogP contribution < -0.4 is 5.32 Å². The quantitative estimate of drug-likeness (QED) is 0.785. The molecular weight excluding hydrogens is 337 g/mol. The number of hydrogen-bond donors (Lipinski definition) is 1. The molecule has 8 heteroatoms. The lowest BCUT2D eigenvalue weighted by Gasteiger charge is -2.05. The molecule has 0 fully saturated rings. The first-order chi connectivity index (χ1) is 11.1. The second kappa shape index (κ2) is 6.76. The molecule has 6 nitrogen and oxygen atoms in total. The number of carbonyl (C=O) groups excluding carboxylic acids is 1. The van der Waals surface area contributed by atoms with Crippen molar-refractivity contribution >= 4 is 34.9 Å². The van der Waals surface area contributed by atoms with Crippen LogP contribution in [0, 0.1) is 0 Å². The largest absolute Gasteiger partial charge is 0.304 e. The molecule has 0 spiro atoms. The fourth-order valence-corrected chi connectivity index (χ4v) is 2.41. The standard InChI is InChI=1S/C15H11Cl2N5O/c16-11-2-1-10(12(17)7-11)9-22-6-3-14(21-22)20-15(23)13-8-18-4-5-19-13/h1-8H,9H2,(H,20,21,23). The molecule has 2 aromatic heterocycles. The third-order valence-corrected chi connectivity index (χ3v) is 3.61. The van der Waals surface area contributed by atoms with Crippen molar-refractivity contribution in [1.29, 1.82) is 0 Å². The van der Waals surface area contributed by atoms with Gasteiger partial charge in [-0.2, -0.15) is 5.10 Å². The van der Waals surface area contributed by atoms with Gasteiger partial charge in [0.25, 0.3) is 5.91 Å². The molecule has 23 heavy (non-hydrogen) atoms. The van der Waals surface area contributed by atoms with Gasteiger partial charge in [-0.05, 0) is 17.7 Å². The minimum absolute atomic E-state index is 0.225. The van der Waals surface area contributed by atoms with Crippen molar-refractivity contribution < 1.29 is 4.79 Å². The van der Waals surface area contributed by atoms with Crippen molar-refractivity contribution in [2.75, 3.05) is 5.32 Å². The number of aromatic nitrogens is 4. The van der Waals surface area contributed by atoms with E-state index in [1.807, 2.05) is 6.07 Å². The first-order valence-electron chi connectivity index (χ1n) is 6.66. The normalized spacial score (nSPS) is 10.5. The van der Waals surface area contributed by atoms with E-state index < -0.39 is 0 Å². The fraction of sp³-hybridized carbons (Fsp3) is 0.0667. The summed E-state index contributed by atoms with van der Waals surface area (Å²) in [5, 5.41) is 8.09. The predicted octanol–water partition coefficient (Wildman–Crippen LogP) is 3.28. The molecule has 0 unspecified atom stereocenters. The van der Waals surface area contributed by atoms with Crippen LogP contribution in [-0.4, -0.2) is 25.7 Å². The van der Waals surface area contributed by atoms with Gasteiger partial charge in [-0.3, -0.25) is 14.5 Å². The number of amides is 1. The minimum atomic E-state index is -0.368. The Morgan fingerprint density at radius 1 is 1.22 bits per heavy atom. The molecule has 116 valence electrons. The first-order valence-corrected chi connectivity index (χ1v) is 7.42. The van der Waals surface area contributed by atoms with Crippen molar-refractivity contribution in [1.82, 2.24) is 19.7 Å².